The van der Waals surface area contributed by atoms with Crippen molar-refractivity contribution in [2.75, 3.05) is 26.3 Å². The van der Waals surface area contributed by atoms with Crippen LogP contribution in [0.5, 0.6) is 0 Å². The molecular formula is C4H10N2O2. The Morgan fingerprint density at radius 2 is 2.00 bits per heavy atom. The number of hydrogen-bond acceptors (Lipinski definition) is 4. The lowest BCUT2D eigenvalue weighted by Crippen LogP contribution is -2.43. The van der Waals surface area contributed by atoms with E-state index in [0.717, 1.165) is 13.1 Å². The molecule has 1 saturated heterocycles. The largest absolute Gasteiger partial charge is 0.379 e. The summed E-state index contributed by atoms with van der Waals surface area (Å²) in [5, 5.41) is 10.0. The Morgan fingerprint density at radius 1 is 1.38 bits per heavy atom. The smallest absolute Gasteiger partial charge is 0.0609 e. The first-order chi connectivity index (χ1) is 3.93. The normalized spacial score (nSPS) is 23.6. The van der Waals surface area contributed by atoms with Crippen molar-refractivity contribution in [2.24, 2.45) is 0 Å². The Kier molecular flexibility index (Phi) is 2.23. The second-order valence-electron chi connectivity index (χ2n) is 1.70. The lowest BCUT2D eigenvalue weighted by atomic mass is 10.5. The molecule has 0 saturated carbocycles. The Hall–Kier alpha value is -0.160. The van der Waals surface area contributed by atoms with Gasteiger partial charge in [0.15, 0.2) is 0 Å². The van der Waals surface area contributed by atoms with E-state index in [1.165, 1.54) is 0 Å². The molecule has 1 aliphatic rings. The number of rotatable bonds is 1. The van der Waals surface area contributed by atoms with Gasteiger partial charge in [-0.3, -0.25) is 0 Å². The predicted molar refractivity (Wildman–Crippen MR) is 27.3 cm³/mol. The second kappa shape index (κ2) is 2.99. The van der Waals surface area contributed by atoms with Gasteiger partial charge >= 0.3 is 0 Å². The maximum Gasteiger partial charge on any atom is 0.0609 e. The summed E-state index contributed by atoms with van der Waals surface area (Å²) >= 11 is 0. The Bertz CT molecular complexity index is 63.1. The quantitative estimate of drug-likeness (QED) is 0.443. The van der Waals surface area contributed by atoms with Gasteiger partial charge in [0.2, 0.25) is 0 Å². The molecule has 2 N–H and O–H groups in total. The molecule has 1 rings (SSSR count). The lowest BCUT2D eigenvalue weighted by Gasteiger charge is -2.23. The zero-order valence-electron chi connectivity index (χ0n) is 4.63. The highest BCUT2D eigenvalue weighted by Gasteiger charge is 2.06. The van der Waals surface area contributed by atoms with Gasteiger partial charge in [-0.1, -0.05) is 0 Å². The fourth-order valence-electron chi connectivity index (χ4n) is 0.663. The standard InChI is InChI=1S/C4H10N2O2/c7-5-6-1-3-8-4-2-6/h5,7H,1-4H2. The van der Waals surface area contributed by atoms with Crippen LogP contribution in [0.4, 0.5) is 0 Å². The van der Waals surface area contributed by atoms with E-state index < -0.39 is 0 Å². The number of nitrogens with one attached hydrogen (secondary N) is 1. The summed E-state index contributed by atoms with van der Waals surface area (Å²) in [6.07, 6.45) is 0. The first-order valence-corrected chi connectivity index (χ1v) is 2.66. The molecule has 0 aromatic carbocycles. The van der Waals surface area contributed by atoms with E-state index in [2.05, 4.69) is 5.59 Å². The van der Waals surface area contributed by atoms with Crippen LogP contribution in [0, 0.1) is 0 Å². The third-order valence-electron chi connectivity index (χ3n) is 1.15. The highest BCUT2D eigenvalue weighted by molar-refractivity contribution is 4.52. The number of ether oxygens (including phenoxy) is 1. The van der Waals surface area contributed by atoms with Crippen LogP contribution in [-0.2, 0) is 4.74 Å². The number of nitrogens with zero attached hydrogens (tertiary/aromatic N) is 1. The number of morpholine rings is 1. The molecule has 48 valence electrons. The van der Waals surface area contributed by atoms with E-state index in [1.54, 1.807) is 5.01 Å². The van der Waals surface area contributed by atoms with Gasteiger partial charge < -0.3 is 9.94 Å². The molecule has 0 aliphatic carbocycles. The van der Waals surface area contributed by atoms with E-state index in [-0.39, 0.29) is 0 Å². The Balaban J connectivity index is 2.13. The molecule has 0 radical (unpaired) electrons. The SMILES string of the molecule is ONN1CCOCC1. The van der Waals surface area contributed by atoms with Crippen molar-refractivity contribution in [3.63, 3.8) is 0 Å². The van der Waals surface area contributed by atoms with Gasteiger partial charge in [-0.2, -0.15) is 0 Å². The summed E-state index contributed by atoms with van der Waals surface area (Å²) in [5.41, 5.74) is 2.06. The molecule has 0 atom stereocenters. The van der Waals surface area contributed by atoms with E-state index in [1.807, 2.05) is 0 Å². The van der Waals surface area contributed by atoms with Crippen LogP contribution in [0.15, 0.2) is 0 Å². The highest BCUT2D eigenvalue weighted by atomic mass is 16.5. The van der Waals surface area contributed by atoms with Crippen LogP contribution in [-0.4, -0.2) is 36.5 Å². The van der Waals surface area contributed by atoms with Crippen molar-refractivity contribution < 1.29 is 9.94 Å². The Labute approximate surface area is 48.0 Å². The first kappa shape index (κ1) is 5.97. The summed E-state index contributed by atoms with van der Waals surface area (Å²) < 4.78 is 5.01. The van der Waals surface area contributed by atoms with Crippen molar-refractivity contribution in [1.82, 2.24) is 10.6 Å². The van der Waals surface area contributed by atoms with Gasteiger partial charge in [0, 0.05) is 13.1 Å². The summed E-state index contributed by atoms with van der Waals surface area (Å²) in [4.78, 5) is 0. The molecule has 8 heavy (non-hydrogen) atoms. The third-order valence-corrected chi connectivity index (χ3v) is 1.15. The molecule has 0 aromatic rings. The zero-order valence-corrected chi connectivity index (χ0v) is 4.63. The highest BCUT2D eigenvalue weighted by Crippen LogP contribution is 1.89. The minimum Gasteiger partial charge on any atom is -0.379 e. The molecule has 1 fully saturated rings. The zero-order chi connectivity index (χ0) is 5.82. The molecule has 0 spiro atoms. The molecule has 0 amide bonds. The van der Waals surface area contributed by atoms with Gasteiger partial charge in [-0.15, -0.1) is 5.59 Å². The minimum absolute atomic E-state index is 0.702. The van der Waals surface area contributed by atoms with Crippen LogP contribution < -0.4 is 5.59 Å². The maximum atomic E-state index is 8.31. The summed E-state index contributed by atoms with van der Waals surface area (Å²) in [6, 6.07) is 0. The average molecular weight is 118 g/mol. The van der Waals surface area contributed by atoms with Crippen molar-refractivity contribution in [3.05, 3.63) is 0 Å². The average Bonchev–Trinajstić information content (AvgIpc) is 1.90. The molecule has 1 aliphatic heterocycles. The minimum atomic E-state index is 0.702. The number of hydrogen-bond donors (Lipinski definition) is 2. The van der Waals surface area contributed by atoms with Gasteiger partial charge in [-0.05, 0) is 0 Å². The summed E-state index contributed by atoms with van der Waals surface area (Å²) in [5.74, 6) is 0. The summed E-state index contributed by atoms with van der Waals surface area (Å²) in [7, 11) is 0. The molecule has 4 nitrogen and oxygen atoms in total. The van der Waals surface area contributed by atoms with E-state index in [4.69, 9.17) is 9.94 Å². The third kappa shape index (κ3) is 1.41. The topological polar surface area (TPSA) is 44.7 Å². The lowest BCUT2D eigenvalue weighted by molar-refractivity contribution is -0.0758. The Morgan fingerprint density at radius 3 is 2.38 bits per heavy atom. The van der Waals surface area contributed by atoms with Gasteiger partial charge in [0.1, 0.15) is 0 Å². The monoisotopic (exact) mass is 118 g/mol. The van der Waals surface area contributed by atoms with Crippen molar-refractivity contribution in [1.29, 1.82) is 0 Å². The molecular weight excluding hydrogens is 108 g/mol. The molecule has 0 bridgehead atoms. The van der Waals surface area contributed by atoms with Crippen LogP contribution >= 0.6 is 0 Å². The number of hydrazine groups is 1. The first-order valence-electron chi connectivity index (χ1n) is 2.66. The van der Waals surface area contributed by atoms with Crippen molar-refractivity contribution in [2.45, 2.75) is 0 Å². The fourth-order valence-corrected chi connectivity index (χ4v) is 0.663. The molecule has 0 aromatic heterocycles. The van der Waals surface area contributed by atoms with Crippen LogP contribution in [0.1, 0.15) is 0 Å². The van der Waals surface area contributed by atoms with Crippen LogP contribution in [0.2, 0.25) is 0 Å². The van der Waals surface area contributed by atoms with Gasteiger partial charge in [0.05, 0.1) is 13.2 Å². The van der Waals surface area contributed by atoms with E-state index in [0.29, 0.717) is 13.2 Å². The van der Waals surface area contributed by atoms with E-state index >= 15 is 0 Å². The summed E-state index contributed by atoms with van der Waals surface area (Å²) in [6.45, 7) is 2.92. The van der Waals surface area contributed by atoms with Gasteiger partial charge in [0.25, 0.3) is 0 Å². The predicted octanol–water partition coefficient (Wildman–Crippen LogP) is -0.788. The van der Waals surface area contributed by atoms with E-state index in [9.17, 15) is 0 Å². The molecule has 4 heteroatoms. The van der Waals surface area contributed by atoms with Crippen LogP contribution in [0.3, 0.4) is 0 Å². The van der Waals surface area contributed by atoms with Crippen molar-refractivity contribution in [3.8, 4) is 0 Å². The molecule has 0 unspecified atom stereocenters. The second-order valence-corrected chi connectivity index (χ2v) is 1.70. The van der Waals surface area contributed by atoms with Gasteiger partial charge in [-0.25, -0.2) is 5.01 Å². The maximum absolute atomic E-state index is 8.31. The molecule has 1 heterocycles. The van der Waals surface area contributed by atoms with Crippen LogP contribution in [0.25, 0.3) is 0 Å². The fraction of sp³-hybridized carbons (Fsp3) is 1.00. The van der Waals surface area contributed by atoms with Crippen molar-refractivity contribution >= 4 is 0 Å².